The van der Waals surface area contributed by atoms with Crippen molar-refractivity contribution in [1.29, 1.82) is 0 Å². The molecular weight excluding hydrogens is 212 g/mol. The molecule has 0 aromatic heterocycles. The SMILES string of the molecule is CC1CCC(C(=O)CCCc2ccccc2)O1. The molecule has 92 valence electrons. The molecule has 0 N–H and O–H groups in total. The number of benzene rings is 1. The van der Waals surface area contributed by atoms with E-state index in [0.29, 0.717) is 6.42 Å². The van der Waals surface area contributed by atoms with Crippen LogP contribution < -0.4 is 0 Å². The molecule has 0 radical (unpaired) electrons. The molecule has 1 aliphatic heterocycles. The predicted octanol–water partition coefficient (Wildman–Crippen LogP) is 3.15. The second-order valence-electron chi connectivity index (χ2n) is 4.82. The summed E-state index contributed by atoms with van der Waals surface area (Å²) in [5.74, 6) is 0.283. The van der Waals surface area contributed by atoms with Gasteiger partial charge in [-0.15, -0.1) is 0 Å². The number of Topliss-reactive ketones (excluding diaryl/α,β-unsaturated/α-hetero) is 1. The Hall–Kier alpha value is -1.15. The number of carbonyl (C=O) groups is 1. The maximum Gasteiger partial charge on any atom is 0.161 e. The zero-order chi connectivity index (χ0) is 12.1. The normalized spacial score (nSPS) is 23.8. The first-order valence-electron chi connectivity index (χ1n) is 6.48. The number of rotatable bonds is 5. The maximum atomic E-state index is 11.9. The Morgan fingerprint density at radius 1 is 1.29 bits per heavy atom. The van der Waals surface area contributed by atoms with E-state index >= 15 is 0 Å². The Labute approximate surface area is 103 Å². The van der Waals surface area contributed by atoms with E-state index in [1.807, 2.05) is 25.1 Å². The Morgan fingerprint density at radius 3 is 2.71 bits per heavy atom. The van der Waals surface area contributed by atoms with E-state index in [1.54, 1.807) is 0 Å². The maximum absolute atomic E-state index is 11.9. The van der Waals surface area contributed by atoms with Crippen LogP contribution in [-0.2, 0) is 16.0 Å². The van der Waals surface area contributed by atoms with Crippen LogP contribution in [-0.4, -0.2) is 18.0 Å². The third-order valence-electron chi connectivity index (χ3n) is 3.32. The minimum absolute atomic E-state index is 0.124. The molecule has 1 fully saturated rings. The molecular formula is C15H20O2. The van der Waals surface area contributed by atoms with Gasteiger partial charge >= 0.3 is 0 Å². The van der Waals surface area contributed by atoms with Crippen LogP contribution >= 0.6 is 0 Å². The van der Waals surface area contributed by atoms with Gasteiger partial charge in [0, 0.05) is 6.42 Å². The van der Waals surface area contributed by atoms with Gasteiger partial charge in [-0.3, -0.25) is 4.79 Å². The first-order valence-corrected chi connectivity index (χ1v) is 6.48. The van der Waals surface area contributed by atoms with Gasteiger partial charge in [0.25, 0.3) is 0 Å². The number of ether oxygens (including phenoxy) is 1. The monoisotopic (exact) mass is 232 g/mol. The Balaban J connectivity index is 1.70. The van der Waals surface area contributed by atoms with Gasteiger partial charge in [0.15, 0.2) is 5.78 Å². The molecule has 2 unspecified atom stereocenters. The van der Waals surface area contributed by atoms with Crippen LogP contribution in [0.3, 0.4) is 0 Å². The highest BCUT2D eigenvalue weighted by molar-refractivity contribution is 5.83. The highest BCUT2D eigenvalue weighted by Crippen LogP contribution is 2.21. The average molecular weight is 232 g/mol. The minimum atomic E-state index is -0.124. The molecule has 2 nitrogen and oxygen atoms in total. The number of hydrogen-bond acceptors (Lipinski definition) is 2. The minimum Gasteiger partial charge on any atom is -0.368 e. The fourth-order valence-electron chi connectivity index (χ4n) is 2.31. The summed E-state index contributed by atoms with van der Waals surface area (Å²) in [4.78, 5) is 11.9. The van der Waals surface area contributed by atoms with Crippen molar-refractivity contribution in [2.45, 2.75) is 51.2 Å². The Kier molecular flexibility index (Phi) is 4.32. The third kappa shape index (κ3) is 3.67. The molecule has 0 bridgehead atoms. The molecule has 2 heteroatoms. The van der Waals surface area contributed by atoms with Gasteiger partial charge in [0.2, 0.25) is 0 Å². The molecule has 1 heterocycles. The molecule has 0 amide bonds. The Bertz CT molecular complexity index is 358. The summed E-state index contributed by atoms with van der Waals surface area (Å²) >= 11 is 0. The fourth-order valence-corrected chi connectivity index (χ4v) is 2.31. The molecule has 1 aromatic rings. The highest BCUT2D eigenvalue weighted by atomic mass is 16.5. The first kappa shape index (κ1) is 12.3. The molecule has 2 rings (SSSR count). The fraction of sp³-hybridized carbons (Fsp3) is 0.533. The van der Waals surface area contributed by atoms with Gasteiger partial charge < -0.3 is 4.74 Å². The van der Waals surface area contributed by atoms with Gasteiger partial charge in [-0.1, -0.05) is 30.3 Å². The van der Waals surface area contributed by atoms with E-state index in [1.165, 1.54) is 5.56 Å². The van der Waals surface area contributed by atoms with Crippen LogP contribution in [0.4, 0.5) is 0 Å². The zero-order valence-electron chi connectivity index (χ0n) is 10.4. The van der Waals surface area contributed by atoms with Crippen molar-refractivity contribution in [2.24, 2.45) is 0 Å². The van der Waals surface area contributed by atoms with Crippen molar-refractivity contribution >= 4 is 5.78 Å². The predicted molar refractivity (Wildman–Crippen MR) is 68.0 cm³/mol. The van der Waals surface area contributed by atoms with Crippen LogP contribution in [0.1, 0.15) is 38.2 Å². The molecule has 17 heavy (non-hydrogen) atoms. The lowest BCUT2D eigenvalue weighted by atomic mass is 10.0. The quantitative estimate of drug-likeness (QED) is 0.779. The van der Waals surface area contributed by atoms with Gasteiger partial charge in [-0.05, 0) is 38.2 Å². The second kappa shape index (κ2) is 5.97. The van der Waals surface area contributed by atoms with Crippen molar-refractivity contribution < 1.29 is 9.53 Å². The molecule has 1 aromatic carbocycles. The van der Waals surface area contributed by atoms with Gasteiger partial charge in [0.1, 0.15) is 6.10 Å². The van der Waals surface area contributed by atoms with Gasteiger partial charge in [0.05, 0.1) is 6.10 Å². The lowest BCUT2D eigenvalue weighted by Gasteiger charge is -2.09. The van der Waals surface area contributed by atoms with E-state index in [9.17, 15) is 4.79 Å². The van der Waals surface area contributed by atoms with Crippen LogP contribution in [0.25, 0.3) is 0 Å². The number of aryl methyl sites for hydroxylation is 1. The van der Waals surface area contributed by atoms with E-state index < -0.39 is 0 Å². The standard InChI is InChI=1S/C15H20O2/c1-12-10-11-15(17-12)14(16)9-5-8-13-6-3-2-4-7-13/h2-4,6-7,12,15H,5,8-11H2,1H3. The molecule has 1 saturated heterocycles. The summed E-state index contributed by atoms with van der Waals surface area (Å²) < 4.78 is 5.58. The molecule has 1 aliphatic rings. The van der Waals surface area contributed by atoms with Crippen LogP contribution in [0, 0.1) is 0 Å². The second-order valence-corrected chi connectivity index (χ2v) is 4.82. The Morgan fingerprint density at radius 2 is 2.06 bits per heavy atom. The number of carbonyl (C=O) groups excluding carboxylic acids is 1. The summed E-state index contributed by atoms with van der Waals surface area (Å²) in [7, 11) is 0. The third-order valence-corrected chi connectivity index (χ3v) is 3.32. The summed E-state index contributed by atoms with van der Waals surface area (Å²) in [5.41, 5.74) is 1.31. The number of ketones is 1. The van der Waals surface area contributed by atoms with Gasteiger partial charge in [-0.2, -0.15) is 0 Å². The van der Waals surface area contributed by atoms with Crippen molar-refractivity contribution in [3.05, 3.63) is 35.9 Å². The lowest BCUT2D eigenvalue weighted by Crippen LogP contribution is -2.20. The smallest absolute Gasteiger partial charge is 0.161 e. The summed E-state index contributed by atoms with van der Waals surface area (Å²) in [6.45, 7) is 2.04. The summed E-state index contributed by atoms with van der Waals surface area (Å²) in [5, 5.41) is 0. The molecule has 0 saturated carbocycles. The van der Waals surface area contributed by atoms with Crippen molar-refractivity contribution in [2.75, 3.05) is 0 Å². The van der Waals surface area contributed by atoms with E-state index in [-0.39, 0.29) is 18.0 Å². The average Bonchev–Trinajstić information content (AvgIpc) is 2.77. The summed E-state index contributed by atoms with van der Waals surface area (Å²) in [6, 6.07) is 10.3. The van der Waals surface area contributed by atoms with Crippen molar-refractivity contribution in [3.63, 3.8) is 0 Å². The van der Waals surface area contributed by atoms with E-state index in [4.69, 9.17) is 4.74 Å². The first-order chi connectivity index (χ1) is 8.25. The molecule has 2 atom stereocenters. The highest BCUT2D eigenvalue weighted by Gasteiger charge is 2.27. The summed E-state index contributed by atoms with van der Waals surface area (Å²) in [6.07, 6.45) is 4.62. The van der Waals surface area contributed by atoms with Gasteiger partial charge in [-0.25, -0.2) is 0 Å². The zero-order valence-corrected chi connectivity index (χ0v) is 10.4. The van der Waals surface area contributed by atoms with Crippen molar-refractivity contribution in [3.8, 4) is 0 Å². The largest absolute Gasteiger partial charge is 0.368 e. The van der Waals surface area contributed by atoms with Crippen LogP contribution in [0.15, 0.2) is 30.3 Å². The van der Waals surface area contributed by atoms with Crippen LogP contribution in [0.5, 0.6) is 0 Å². The number of hydrogen-bond donors (Lipinski definition) is 0. The molecule has 0 aliphatic carbocycles. The van der Waals surface area contributed by atoms with E-state index in [0.717, 1.165) is 25.7 Å². The van der Waals surface area contributed by atoms with E-state index in [2.05, 4.69) is 12.1 Å². The lowest BCUT2D eigenvalue weighted by molar-refractivity contribution is -0.129. The van der Waals surface area contributed by atoms with Crippen molar-refractivity contribution in [1.82, 2.24) is 0 Å². The molecule has 0 spiro atoms. The topological polar surface area (TPSA) is 26.3 Å². The van der Waals surface area contributed by atoms with Crippen LogP contribution in [0.2, 0.25) is 0 Å².